The number of hydrogen-bond acceptors (Lipinski definition) is 5. The molecular weight excluding hydrogens is 408 g/mol. The summed E-state index contributed by atoms with van der Waals surface area (Å²) in [5.41, 5.74) is 3.76. The maximum absolute atomic E-state index is 12.8. The predicted molar refractivity (Wildman–Crippen MR) is 126 cm³/mol. The number of benzene rings is 1. The molecule has 1 unspecified atom stereocenters. The molecule has 1 N–H and O–H groups in total. The smallest absolute Gasteiger partial charge is 0.262 e. The lowest BCUT2D eigenvalue weighted by Gasteiger charge is -2.35. The van der Waals surface area contributed by atoms with Crippen molar-refractivity contribution in [1.82, 2.24) is 19.8 Å². The van der Waals surface area contributed by atoms with Crippen LogP contribution >= 0.6 is 11.3 Å². The monoisotopic (exact) mass is 438 g/mol. The summed E-state index contributed by atoms with van der Waals surface area (Å²) in [6.45, 7) is 9.06. The summed E-state index contributed by atoms with van der Waals surface area (Å²) in [6, 6.07) is 8.92. The zero-order valence-electron chi connectivity index (χ0n) is 18.5. The minimum absolute atomic E-state index is 0.0268. The molecule has 0 spiro atoms. The van der Waals surface area contributed by atoms with Crippen LogP contribution in [0.1, 0.15) is 41.3 Å². The van der Waals surface area contributed by atoms with E-state index < -0.39 is 0 Å². The van der Waals surface area contributed by atoms with Gasteiger partial charge in [0.05, 0.1) is 11.7 Å². The molecule has 0 saturated heterocycles. The van der Waals surface area contributed by atoms with Gasteiger partial charge in [0.25, 0.3) is 5.56 Å². The first kappa shape index (κ1) is 21.7. The van der Waals surface area contributed by atoms with Gasteiger partial charge in [-0.25, -0.2) is 4.98 Å². The SMILES string of the molecule is CCC(CNC(=O)CCn1cnc2sc(C)c(C)c2c1=O)N1CCc2ccccc2C1. The lowest BCUT2D eigenvalue weighted by molar-refractivity contribution is -0.121. The number of carbonyl (C=O) groups is 1. The summed E-state index contributed by atoms with van der Waals surface area (Å²) < 4.78 is 1.56. The highest BCUT2D eigenvalue weighted by Crippen LogP contribution is 2.25. The van der Waals surface area contributed by atoms with Gasteiger partial charge in [-0.1, -0.05) is 31.2 Å². The summed E-state index contributed by atoms with van der Waals surface area (Å²) in [5, 5.41) is 3.77. The van der Waals surface area contributed by atoms with E-state index in [9.17, 15) is 9.59 Å². The average molecular weight is 439 g/mol. The van der Waals surface area contributed by atoms with Crippen LogP contribution in [0.15, 0.2) is 35.4 Å². The highest BCUT2D eigenvalue weighted by Gasteiger charge is 2.22. The third-order valence-electron chi connectivity index (χ3n) is 6.42. The standard InChI is InChI=1S/C24H30N4O2S/c1-4-20(27-11-9-18-7-5-6-8-19(18)14-27)13-25-21(29)10-12-28-15-26-23-22(24(28)30)16(2)17(3)31-23/h5-8,15,20H,4,9-14H2,1-3H3,(H,25,29). The Morgan fingerprint density at radius 1 is 1.26 bits per heavy atom. The van der Waals surface area contributed by atoms with Crippen molar-refractivity contribution in [2.75, 3.05) is 13.1 Å². The van der Waals surface area contributed by atoms with E-state index in [1.807, 2.05) is 13.8 Å². The molecule has 31 heavy (non-hydrogen) atoms. The number of aromatic nitrogens is 2. The molecule has 4 rings (SSSR count). The Morgan fingerprint density at radius 3 is 2.81 bits per heavy atom. The summed E-state index contributed by atoms with van der Waals surface area (Å²) >= 11 is 1.54. The van der Waals surface area contributed by atoms with Crippen LogP contribution in [-0.4, -0.2) is 39.5 Å². The van der Waals surface area contributed by atoms with Crippen molar-refractivity contribution in [1.29, 1.82) is 0 Å². The maximum Gasteiger partial charge on any atom is 0.262 e. The number of aryl methyl sites for hydroxylation is 3. The second kappa shape index (κ2) is 9.32. The zero-order valence-corrected chi connectivity index (χ0v) is 19.3. The molecule has 1 aliphatic rings. The molecule has 0 aliphatic carbocycles. The van der Waals surface area contributed by atoms with Gasteiger partial charge in [0.2, 0.25) is 5.91 Å². The van der Waals surface area contributed by atoms with Gasteiger partial charge in [-0.15, -0.1) is 11.3 Å². The number of hydrogen-bond donors (Lipinski definition) is 1. The van der Waals surface area contributed by atoms with E-state index in [2.05, 4.69) is 46.4 Å². The third-order valence-corrected chi connectivity index (χ3v) is 7.53. The van der Waals surface area contributed by atoms with Crippen LogP contribution in [0.2, 0.25) is 0 Å². The quantitative estimate of drug-likeness (QED) is 0.614. The molecule has 3 heterocycles. The Kier molecular flexibility index (Phi) is 6.53. The number of thiophene rings is 1. The van der Waals surface area contributed by atoms with E-state index in [1.165, 1.54) is 11.1 Å². The molecular formula is C24H30N4O2S. The van der Waals surface area contributed by atoms with Crippen molar-refractivity contribution in [3.8, 4) is 0 Å². The van der Waals surface area contributed by atoms with Gasteiger partial charge in [0.15, 0.2) is 0 Å². The molecule has 1 aromatic carbocycles. The largest absolute Gasteiger partial charge is 0.354 e. The van der Waals surface area contributed by atoms with Crippen LogP contribution in [-0.2, 0) is 24.3 Å². The molecule has 1 amide bonds. The van der Waals surface area contributed by atoms with Gasteiger partial charge in [0.1, 0.15) is 4.83 Å². The van der Waals surface area contributed by atoms with E-state index in [4.69, 9.17) is 0 Å². The fourth-order valence-electron chi connectivity index (χ4n) is 4.33. The van der Waals surface area contributed by atoms with Crippen molar-refractivity contribution in [3.05, 3.63) is 62.5 Å². The number of rotatable bonds is 7. The Bertz CT molecular complexity index is 1150. The number of nitrogens with one attached hydrogen (secondary N) is 1. The molecule has 2 aromatic heterocycles. The molecule has 1 aliphatic heterocycles. The molecule has 6 nitrogen and oxygen atoms in total. The van der Waals surface area contributed by atoms with Crippen LogP contribution in [0.5, 0.6) is 0 Å². The molecule has 0 radical (unpaired) electrons. The molecule has 1 atom stereocenters. The summed E-state index contributed by atoms with van der Waals surface area (Å²) in [5.74, 6) is -0.0268. The number of carbonyl (C=O) groups excluding carboxylic acids is 1. The molecule has 164 valence electrons. The highest BCUT2D eigenvalue weighted by molar-refractivity contribution is 7.18. The Morgan fingerprint density at radius 2 is 2.03 bits per heavy atom. The second-order valence-corrected chi connectivity index (χ2v) is 9.52. The lowest BCUT2D eigenvalue weighted by atomic mass is 9.98. The van der Waals surface area contributed by atoms with Gasteiger partial charge in [-0.05, 0) is 43.4 Å². The van der Waals surface area contributed by atoms with E-state index in [0.29, 0.717) is 24.5 Å². The molecule has 0 bridgehead atoms. The first-order valence-electron chi connectivity index (χ1n) is 11.0. The molecule has 0 fully saturated rings. The van der Waals surface area contributed by atoms with Crippen LogP contribution < -0.4 is 10.9 Å². The van der Waals surface area contributed by atoms with Gasteiger partial charge in [-0.3, -0.25) is 19.1 Å². The minimum atomic E-state index is -0.0573. The average Bonchev–Trinajstić information content (AvgIpc) is 3.07. The Labute approximate surface area is 186 Å². The fraction of sp³-hybridized carbons (Fsp3) is 0.458. The third kappa shape index (κ3) is 4.57. The van der Waals surface area contributed by atoms with Gasteiger partial charge in [0, 0.05) is 43.5 Å². The van der Waals surface area contributed by atoms with Gasteiger partial charge >= 0.3 is 0 Å². The second-order valence-electron chi connectivity index (χ2n) is 8.31. The number of fused-ring (bicyclic) bond motifs is 2. The molecule has 0 saturated carbocycles. The predicted octanol–water partition coefficient (Wildman–Crippen LogP) is 3.42. The summed E-state index contributed by atoms with van der Waals surface area (Å²) in [6.07, 6.45) is 3.88. The summed E-state index contributed by atoms with van der Waals surface area (Å²) in [7, 11) is 0. The normalized spacial score (nSPS) is 15.1. The minimum Gasteiger partial charge on any atom is -0.354 e. The van der Waals surface area contributed by atoms with Crippen molar-refractivity contribution >= 4 is 27.5 Å². The maximum atomic E-state index is 12.8. The topological polar surface area (TPSA) is 67.2 Å². The van der Waals surface area contributed by atoms with Gasteiger partial charge in [-0.2, -0.15) is 0 Å². The lowest BCUT2D eigenvalue weighted by Crippen LogP contribution is -2.45. The van der Waals surface area contributed by atoms with Crippen molar-refractivity contribution in [2.24, 2.45) is 0 Å². The van der Waals surface area contributed by atoms with Crippen molar-refractivity contribution in [2.45, 2.75) is 59.2 Å². The summed E-state index contributed by atoms with van der Waals surface area (Å²) in [4.78, 5) is 34.0. The van der Waals surface area contributed by atoms with Crippen molar-refractivity contribution < 1.29 is 4.79 Å². The van der Waals surface area contributed by atoms with Gasteiger partial charge < -0.3 is 5.32 Å². The Balaban J connectivity index is 1.33. The van der Waals surface area contributed by atoms with E-state index in [1.54, 1.807) is 22.2 Å². The molecule has 7 heteroatoms. The number of amides is 1. The highest BCUT2D eigenvalue weighted by atomic mass is 32.1. The van der Waals surface area contributed by atoms with Crippen LogP contribution in [0.25, 0.3) is 10.2 Å². The van der Waals surface area contributed by atoms with Crippen LogP contribution in [0.3, 0.4) is 0 Å². The van der Waals surface area contributed by atoms with E-state index in [-0.39, 0.29) is 17.9 Å². The Hall–Kier alpha value is -2.51. The van der Waals surface area contributed by atoms with E-state index >= 15 is 0 Å². The molecule has 3 aromatic rings. The number of nitrogens with zero attached hydrogens (tertiary/aromatic N) is 3. The van der Waals surface area contributed by atoms with Crippen LogP contribution in [0, 0.1) is 13.8 Å². The van der Waals surface area contributed by atoms with Crippen molar-refractivity contribution in [3.63, 3.8) is 0 Å². The first-order chi connectivity index (χ1) is 15.0. The zero-order chi connectivity index (χ0) is 22.0. The fourth-order valence-corrected chi connectivity index (χ4v) is 5.32. The van der Waals surface area contributed by atoms with Crippen LogP contribution in [0.4, 0.5) is 0 Å². The first-order valence-corrected chi connectivity index (χ1v) is 11.8. The van der Waals surface area contributed by atoms with E-state index in [0.717, 1.165) is 41.2 Å².